The number of carbonyl (C=O) groups is 2. The summed E-state index contributed by atoms with van der Waals surface area (Å²) >= 11 is 0. The molecule has 0 unspecified atom stereocenters. The lowest BCUT2D eigenvalue weighted by Gasteiger charge is -2.29. The standard InChI is InChI=1S/C28H28N4O2/c33-27(31-19-9-13-21-10-4-6-15-24(21)31)20-32-25-16-7-5-14-23(25)30-26(32)17-8-18-29-28(34)22-11-2-1-3-12-22/h1-7,10-12,14-16H,8-9,13,17-20H2,(H,29,34). The molecule has 34 heavy (non-hydrogen) atoms. The smallest absolute Gasteiger partial charge is 0.251 e. The Morgan fingerprint density at radius 2 is 1.68 bits per heavy atom. The molecule has 3 aromatic carbocycles. The first-order valence-electron chi connectivity index (χ1n) is 11.9. The molecule has 6 nitrogen and oxygen atoms in total. The zero-order valence-corrected chi connectivity index (χ0v) is 19.1. The van der Waals surface area contributed by atoms with Gasteiger partial charge in [-0.05, 0) is 55.2 Å². The van der Waals surface area contributed by atoms with Gasteiger partial charge in [-0.25, -0.2) is 4.98 Å². The van der Waals surface area contributed by atoms with E-state index in [0.29, 0.717) is 18.5 Å². The second-order valence-corrected chi connectivity index (χ2v) is 8.61. The average Bonchev–Trinajstić information content (AvgIpc) is 3.23. The van der Waals surface area contributed by atoms with Gasteiger partial charge in [0.2, 0.25) is 5.91 Å². The van der Waals surface area contributed by atoms with E-state index in [1.807, 2.05) is 70.1 Å². The molecule has 2 heterocycles. The number of hydrogen-bond acceptors (Lipinski definition) is 3. The summed E-state index contributed by atoms with van der Waals surface area (Å²) in [6.07, 6.45) is 3.39. The van der Waals surface area contributed by atoms with E-state index in [-0.39, 0.29) is 18.4 Å². The van der Waals surface area contributed by atoms with Crippen molar-refractivity contribution >= 4 is 28.5 Å². The maximum absolute atomic E-state index is 13.4. The van der Waals surface area contributed by atoms with Gasteiger partial charge in [-0.2, -0.15) is 0 Å². The lowest BCUT2D eigenvalue weighted by Crippen LogP contribution is -2.38. The molecule has 172 valence electrons. The molecule has 0 fully saturated rings. The van der Waals surface area contributed by atoms with Gasteiger partial charge in [0, 0.05) is 30.8 Å². The van der Waals surface area contributed by atoms with Crippen molar-refractivity contribution in [3.8, 4) is 0 Å². The second-order valence-electron chi connectivity index (χ2n) is 8.61. The van der Waals surface area contributed by atoms with Crippen LogP contribution in [-0.4, -0.2) is 34.5 Å². The number of benzene rings is 3. The molecule has 0 spiro atoms. The van der Waals surface area contributed by atoms with E-state index in [4.69, 9.17) is 4.98 Å². The largest absolute Gasteiger partial charge is 0.352 e. The van der Waals surface area contributed by atoms with E-state index in [1.165, 1.54) is 5.56 Å². The van der Waals surface area contributed by atoms with E-state index < -0.39 is 0 Å². The van der Waals surface area contributed by atoms with E-state index in [9.17, 15) is 9.59 Å². The van der Waals surface area contributed by atoms with Crippen molar-refractivity contribution in [2.75, 3.05) is 18.0 Å². The third-order valence-corrected chi connectivity index (χ3v) is 6.34. The third-order valence-electron chi connectivity index (χ3n) is 6.34. The van der Waals surface area contributed by atoms with Crippen LogP contribution in [0.15, 0.2) is 78.9 Å². The highest BCUT2D eigenvalue weighted by Gasteiger charge is 2.23. The molecule has 2 amide bonds. The van der Waals surface area contributed by atoms with Gasteiger partial charge in [-0.1, -0.05) is 48.5 Å². The first-order chi connectivity index (χ1) is 16.7. The normalized spacial score (nSPS) is 13.0. The predicted molar refractivity (Wildman–Crippen MR) is 134 cm³/mol. The van der Waals surface area contributed by atoms with Crippen LogP contribution in [0, 0.1) is 0 Å². The van der Waals surface area contributed by atoms with Crippen LogP contribution in [0.3, 0.4) is 0 Å². The van der Waals surface area contributed by atoms with Crippen molar-refractivity contribution in [1.29, 1.82) is 0 Å². The van der Waals surface area contributed by atoms with Crippen LogP contribution in [0.4, 0.5) is 5.69 Å². The topological polar surface area (TPSA) is 67.2 Å². The number of nitrogens with one attached hydrogen (secondary N) is 1. The number of hydrogen-bond donors (Lipinski definition) is 1. The molecule has 0 aliphatic carbocycles. The fraction of sp³-hybridized carbons (Fsp3) is 0.250. The monoisotopic (exact) mass is 452 g/mol. The molecular formula is C28H28N4O2. The van der Waals surface area contributed by atoms with Crippen molar-refractivity contribution in [2.45, 2.75) is 32.2 Å². The highest BCUT2D eigenvalue weighted by atomic mass is 16.2. The highest BCUT2D eigenvalue weighted by molar-refractivity contribution is 5.95. The summed E-state index contributed by atoms with van der Waals surface area (Å²) in [4.78, 5) is 32.4. The molecule has 0 saturated carbocycles. The molecule has 0 bridgehead atoms. The molecule has 6 heteroatoms. The van der Waals surface area contributed by atoms with Gasteiger partial charge in [0.25, 0.3) is 5.91 Å². The summed E-state index contributed by atoms with van der Waals surface area (Å²) < 4.78 is 2.04. The van der Waals surface area contributed by atoms with Crippen molar-refractivity contribution in [3.05, 3.63) is 95.8 Å². The Balaban J connectivity index is 1.30. The quantitative estimate of drug-likeness (QED) is 0.423. The van der Waals surface area contributed by atoms with E-state index in [1.54, 1.807) is 12.1 Å². The zero-order chi connectivity index (χ0) is 23.3. The average molecular weight is 453 g/mol. The summed E-state index contributed by atoms with van der Waals surface area (Å²) in [6, 6.07) is 25.3. The van der Waals surface area contributed by atoms with Gasteiger partial charge in [-0.3, -0.25) is 9.59 Å². The van der Waals surface area contributed by atoms with Gasteiger partial charge in [0.05, 0.1) is 11.0 Å². The predicted octanol–water partition coefficient (Wildman–Crippen LogP) is 4.38. The minimum Gasteiger partial charge on any atom is -0.352 e. The summed E-state index contributed by atoms with van der Waals surface area (Å²) in [5, 5.41) is 2.97. The number of amides is 2. The molecule has 1 aliphatic rings. The molecule has 1 aliphatic heterocycles. The number of fused-ring (bicyclic) bond motifs is 2. The van der Waals surface area contributed by atoms with E-state index in [2.05, 4.69) is 11.4 Å². The number of rotatable bonds is 7. The minimum absolute atomic E-state index is 0.0759. The van der Waals surface area contributed by atoms with Crippen LogP contribution in [-0.2, 0) is 24.2 Å². The fourth-order valence-corrected chi connectivity index (χ4v) is 4.65. The van der Waals surface area contributed by atoms with Crippen LogP contribution < -0.4 is 10.2 Å². The van der Waals surface area contributed by atoms with Crippen LogP contribution in [0.2, 0.25) is 0 Å². The Morgan fingerprint density at radius 3 is 2.56 bits per heavy atom. The molecule has 5 rings (SSSR count). The SMILES string of the molecule is O=C(NCCCc1nc2ccccc2n1CC(=O)N1CCCc2ccccc21)c1ccccc1. The summed E-state index contributed by atoms with van der Waals surface area (Å²) in [6.45, 7) is 1.54. The minimum atomic E-state index is -0.0759. The fourth-order valence-electron chi connectivity index (χ4n) is 4.65. The Labute approximate surface area is 199 Å². The maximum atomic E-state index is 13.4. The van der Waals surface area contributed by atoms with E-state index in [0.717, 1.165) is 48.4 Å². The molecule has 1 aromatic heterocycles. The van der Waals surface area contributed by atoms with Gasteiger partial charge in [0.15, 0.2) is 0 Å². The molecule has 0 saturated heterocycles. The second kappa shape index (κ2) is 9.91. The number of anilines is 1. The Hall–Kier alpha value is -3.93. The number of aromatic nitrogens is 2. The lowest BCUT2D eigenvalue weighted by molar-refractivity contribution is -0.119. The van der Waals surface area contributed by atoms with Crippen LogP contribution in [0.25, 0.3) is 11.0 Å². The van der Waals surface area contributed by atoms with Crippen molar-refractivity contribution in [3.63, 3.8) is 0 Å². The Bertz CT molecular complexity index is 1310. The summed E-state index contributed by atoms with van der Waals surface area (Å²) in [5.74, 6) is 0.871. The number of para-hydroxylation sites is 3. The number of imidazole rings is 1. The van der Waals surface area contributed by atoms with Gasteiger partial charge in [0.1, 0.15) is 12.4 Å². The summed E-state index contributed by atoms with van der Waals surface area (Å²) in [7, 11) is 0. The zero-order valence-electron chi connectivity index (χ0n) is 19.1. The Kier molecular flexibility index (Phi) is 6.38. The van der Waals surface area contributed by atoms with Gasteiger partial charge in [-0.15, -0.1) is 0 Å². The first-order valence-corrected chi connectivity index (χ1v) is 11.9. The van der Waals surface area contributed by atoms with Crippen LogP contribution >= 0.6 is 0 Å². The van der Waals surface area contributed by atoms with E-state index >= 15 is 0 Å². The lowest BCUT2D eigenvalue weighted by atomic mass is 10.0. The number of aryl methyl sites for hydroxylation is 2. The highest BCUT2D eigenvalue weighted by Crippen LogP contribution is 2.27. The third kappa shape index (κ3) is 4.57. The van der Waals surface area contributed by atoms with Gasteiger partial charge < -0.3 is 14.8 Å². The molecule has 0 atom stereocenters. The Morgan fingerprint density at radius 1 is 0.912 bits per heavy atom. The maximum Gasteiger partial charge on any atom is 0.251 e. The van der Waals surface area contributed by atoms with Crippen molar-refractivity contribution < 1.29 is 9.59 Å². The van der Waals surface area contributed by atoms with Gasteiger partial charge >= 0.3 is 0 Å². The van der Waals surface area contributed by atoms with Crippen LogP contribution in [0.5, 0.6) is 0 Å². The molecule has 1 N–H and O–H groups in total. The first kappa shape index (κ1) is 21.9. The molecule has 4 aromatic rings. The molecular weight excluding hydrogens is 424 g/mol. The van der Waals surface area contributed by atoms with Crippen molar-refractivity contribution in [2.24, 2.45) is 0 Å². The number of nitrogens with zero attached hydrogens (tertiary/aromatic N) is 3. The van der Waals surface area contributed by atoms with Crippen LogP contribution in [0.1, 0.15) is 34.6 Å². The number of carbonyl (C=O) groups excluding carboxylic acids is 2. The molecule has 0 radical (unpaired) electrons. The van der Waals surface area contributed by atoms with Crippen molar-refractivity contribution in [1.82, 2.24) is 14.9 Å². The summed E-state index contributed by atoms with van der Waals surface area (Å²) in [5.41, 5.74) is 4.75.